The average molecular weight is 243 g/mol. The first-order chi connectivity index (χ1) is 7.00. The van der Waals surface area contributed by atoms with Crippen LogP contribution in [-0.2, 0) is 0 Å². The summed E-state index contributed by atoms with van der Waals surface area (Å²) in [7, 11) is 0. The van der Waals surface area contributed by atoms with Crippen molar-refractivity contribution in [3.05, 3.63) is 11.1 Å². The molecule has 1 aliphatic rings. The van der Waals surface area contributed by atoms with Gasteiger partial charge in [-0.3, -0.25) is 0 Å². The minimum atomic E-state index is 0.591. The molecule has 0 spiro atoms. The Labute approximate surface area is 103 Å². The van der Waals surface area contributed by atoms with Crippen molar-refractivity contribution in [2.75, 3.05) is 12.3 Å². The molecular weight excluding hydrogens is 222 g/mol. The maximum absolute atomic E-state index is 5.39. The van der Waals surface area contributed by atoms with Crippen LogP contribution in [0.5, 0.6) is 0 Å². The summed E-state index contributed by atoms with van der Waals surface area (Å²) >= 11 is 7.32. The third-order valence-electron chi connectivity index (χ3n) is 2.38. The minimum absolute atomic E-state index is 0.591. The SMILES string of the molecule is CC(C)CC(=S)/C=C1\SCCN1C(C)C. The lowest BCUT2D eigenvalue weighted by Gasteiger charge is -2.23. The van der Waals surface area contributed by atoms with Crippen LogP contribution in [0.25, 0.3) is 0 Å². The summed E-state index contributed by atoms with van der Waals surface area (Å²) in [6.45, 7) is 10.1. The van der Waals surface area contributed by atoms with Crippen LogP contribution in [0.1, 0.15) is 34.1 Å². The van der Waals surface area contributed by atoms with Crippen molar-refractivity contribution in [2.24, 2.45) is 5.92 Å². The molecule has 0 bridgehead atoms. The van der Waals surface area contributed by atoms with Crippen molar-refractivity contribution < 1.29 is 0 Å². The van der Waals surface area contributed by atoms with Gasteiger partial charge in [0.2, 0.25) is 0 Å². The second-order valence-electron chi connectivity index (χ2n) is 4.68. The zero-order chi connectivity index (χ0) is 11.4. The number of thioether (sulfide) groups is 1. The highest BCUT2D eigenvalue weighted by Crippen LogP contribution is 2.29. The van der Waals surface area contributed by atoms with Crippen molar-refractivity contribution in [1.29, 1.82) is 0 Å². The van der Waals surface area contributed by atoms with Crippen LogP contribution in [0.4, 0.5) is 0 Å². The molecule has 0 aromatic carbocycles. The van der Waals surface area contributed by atoms with Gasteiger partial charge in [0.15, 0.2) is 0 Å². The fraction of sp³-hybridized carbons (Fsp3) is 0.750. The van der Waals surface area contributed by atoms with E-state index in [9.17, 15) is 0 Å². The number of hydrogen-bond donors (Lipinski definition) is 0. The number of nitrogens with zero attached hydrogens (tertiary/aromatic N) is 1. The summed E-state index contributed by atoms with van der Waals surface area (Å²) in [5.41, 5.74) is 0. The fourth-order valence-corrected chi connectivity index (χ4v) is 3.39. The van der Waals surface area contributed by atoms with Gasteiger partial charge in [-0.2, -0.15) is 0 Å². The fourth-order valence-electron chi connectivity index (χ4n) is 1.68. The van der Waals surface area contributed by atoms with E-state index in [1.807, 2.05) is 11.8 Å². The highest BCUT2D eigenvalue weighted by molar-refractivity contribution is 8.03. The Morgan fingerprint density at radius 2 is 2.13 bits per heavy atom. The van der Waals surface area contributed by atoms with Gasteiger partial charge in [-0.15, -0.1) is 11.8 Å². The predicted molar refractivity (Wildman–Crippen MR) is 74.4 cm³/mol. The summed E-state index contributed by atoms with van der Waals surface area (Å²) in [5.74, 6) is 1.86. The van der Waals surface area contributed by atoms with E-state index in [4.69, 9.17) is 12.2 Å². The lowest BCUT2D eigenvalue weighted by Crippen LogP contribution is -2.26. The van der Waals surface area contributed by atoms with Gasteiger partial charge in [0.25, 0.3) is 0 Å². The summed E-state index contributed by atoms with van der Waals surface area (Å²) in [5, 5.41) is 1.37. The normalized spacial score (nSPS) is 19.6. The van der Waals surface area contributed by atoms with Crippen molar-refractivity contribution in [3.8, 4) is 0 Å². The third-order valence-corrected chi connectivity index (χ3v) is 3.70. The molecule has 15 heavy (non-hydrogen) atoms. The van der Waals surface area contributed by atoms with Gasteiger partial charge in [-0.05, 0) is 32.3 Å². The highest BCUT2D eigenvalue weighted by atomic mass is 32.2. The molecule has 0 aliphatic carbocycles. The molecule has 0 amide bonds. The largest absolute Gasteiger partial charge is 0.363 e. The first-order valence-electron chi connectivity index (χ1n) is 5.64. The van der Waals surface area contributed by atoms with Gasteiger partial charge in [0, 0.05) is 23.2 Å². The van der Waals surface area contributed by atoms with E-state index in [2.05, 4.69) is 38.7 Å². The van der Waals surface area contributed by atoms with Gasteiger partial charge in [-0.25, -0.2) is 0 Å². The lowest BCUT2D eigenvalue weighted by molar-refractivity contribution is 0.332. The minimum Gasteiger partial charge on any atom is -0.363 e. The third kappa shape index (κ3) is 4.15. The molecule has 1 fully saturated rings. The number of hydrogen-bond acceptors (Lipinski definition) is 3. The van der Waals surface area contributed by atoms with Crippen LogP contribution < -0.4 is 0 Å². The molecule has 1 heterocycles. The second kappa shape index (κ2) is 5.90. The van der Waals surface area contributed by atoms with E-state index in [0.29, 0.717) is 12.0 Å². The summed E-state index contributed by atoms with van der Waals surface area (Å²) in [6.07, 6.45) is 3.23. The predicted octanol–water partition coefficient (Wildman–Crippen LogP) is 3.70. The molecule has 86 valence electrons. The van der Waals surface area contributed by atoms with Crippen molar-refractivity contribution in [1.82, 2.24) is 4.90 Å². The summed E-state index contributed by atoms with van der Waals surface area (Å²) < 4.78 is 0. The van der Waals surface area contributed by atoms with E-state index >= 15 is 0 Å². The van der Waals surface area contributed by atoms with E-state index in [0.717, 1.165) is 11.3 Å². The van der Waals surface area contributed by atoms with Crippen molar-refractivity contribution in [3.63, 3.8) is 0 Å². The first-order valence-corrected chi connectivity index (χ1v) is 7.04. The van der Waals surface area contributed by atoms with E-state index in [1.165, 1.54) is 17.3 Å². The van der Waals surface area contributed by atoms with Crippen molar-refractivity contribution >= 4 is 28.8 Å². The second-order valence-corrected chi connectivity index (χ2v) is 6.32. The summed E-state index contributed by atoms with van der Waals surface area (Å²) in [4.78, 5) is 3.54. The van der Waals surface area contributed by atoms with E-state index < -0.39 is 0 Å². The molecule has 3 heteroatoms. The number of rotatable bonds is 4. The monoisotopic (exact) mass is 243 g/mol. The van der Waals surface area contributed by atoms with Crippen LogP contribution in [0, 0.1) is 5.92 Å². The maximum Gasteiger partial charge on any atom is 0.0721 e. The molecule has 0 radical (unpaired) electrons. The Kier molecular flexibility index (Phi) is 5.13. The zero-order valence-corrected chi connectivity index (χ0v) is 11.8. The highest BCUT2D eigenvalue weighted by Gasteiger charge is 2.20. The lowest BCUT2D eigenvalue weighted by atomic mass is 10.1. The maximum atomic E-state index is 5.39. The van der Waals surface area contributed by atoms with Crippen LogP contribution >= 0.6 is 24.0 Å². The van der Waals surface area contributed by atoms with E-state index in [-0.39, 0.29) is 0 Å². The van der Waals surface area contributed by atoms with Crippen LogP contribution in [0.3, 0.4) is 0 Å². The molecular formula is C12H21NS2. The topological polar surface area (TPSA) is 3.24 Å². The Morgan fingerprint density at radius 3 is 2.67 bits per heavy atom. The van der Waals surface area contributed by atoms with Crippen LogP contribution in [0.2, 0.25) is 0 Å². The van der Waals surface area contributed by atoms with Gasteiger partial charge in [0.1, 0.15) is 0 Å². The molecule has 0 aromatic rings. The Balaban J connectivity index is 2.61. The van der Waals surface area contributed by atoms with E-state index in [1.54, 1.807) is 0 Å². The molecule has 0 saturated carbocycles. The quantitative estimate of drug-likeness (QED) is 0.547. The first kappa shape index (κ1) is 13.0. The molecule has 1 rings (SSSR count). The Bertz CT molecular complexity index is 256. The van der Waals surface area contributed by atoms with Gasteiger partial charge in [-0.1, -0.05) is 26.1 Å². The molecule has 0 unspecified atom stereocenters. The standard InChI is InChI=1S/C12H21NS2/c1-9(2)7-11(14)8-12-13(10(3)4)5-6-15-12/h8-10H,5-7H2,1-4H3/b12-8-. The average Bonchev–Trinajstić information content (AvgIpc) is 2.50. The molecule has 0 atom stereocenters. The molecule has 1 saturated heterocycles. The Morgan fingerprint density at radius 1 is 1.47 bits per heavy atom. The number of thiocarbonyl (C=S) groups is 1. The van der Waals surface area contributed by atoms with Crippen LogP contribution in [0.15, 0.2) is 11.1 Å². The molecule has 0 N–H and O–H groups in total. The zero-order valence-electron chi connectivity index (χ0n) is 10.1. The number of allylic oxidation sites excluding steroid dienone is 1. The van der Waals surface area contributed by atoms with Gasteiger partial charge < -0.3 is 4.90 Å². The van der Waals surface area contributed by atoms with Gasteiger partial charge >= 0.3 is 0 Å². The van der Waals surface area contributed by atoms with Crippen LogP contribution in [-0.4, -0.2) is 28.1 Å². The Hall–Kier alpha value is -0.0200. The van der Waals surface area contributed by atoms with Gasteiger partial charge in [0.05, 0.1) is 5.03 Å². The molecule has 1 aliphatic heterocycles. The smallest absolute Gasteiger partial charge is 0.0721 e. The summed E-state index contributed by atoms with van der Waals surface area (Å²) in [6, 6.07) is 0.591. The molecule has 0 aromatic heterocycles. The van der Waals surface area contributed by atoms with Crippen molar-refractivity contribution in [2.45, 2.75) is 40.2 Å². The molecule has 1 nitrogen and oxygen atoms in total.